The molecule has 0 bridgehead atoms. The van der Waals surface area contributed by atoms with Crippen LogP contribution in [0.1, 0.15) is 22.3 Å². The fourth-order valence-corrected chi connectivity index (χ4v) is 8.27. The minimum Gasteiger partial charge on any atom is -0.455 e. The highest BCUT2D eigenvalue weighted by atomic mass is 16.5. The van der Waals surface area contributed by atoms with Gasteiger partial charge in [0.15, 0.2) is 0 Å². The second-order valence-electron chi connectivity index (χ2n) is 12.4. The van der Waals surface area contributed by atoms with E-state index in [1.165, 1.54) is 60.5 Å². The third-order valence-electron chi connectivity index (χ3n) is 10.1. The predicted octanol–water partition coefficient (Wildman–Crippen LogP) is 11.8. The Bertz CT molecular complexity index is 2500. The van der Waals surface area contributed by atoms with Crippen molar-refractivity contribution in [1.29, 1.82) is 0 Å². The van der Waals surface area contributed by atoms with Crippen molar-refractivity contribution in [3.05, 3.63) is 192 Å². The summed E-state index contributed by atoms with van der Waals surface area (Å²) in [4.78, 5) is 0. The van der Waals surface area contributed by atoms with Crippen molar-refractivity contribution in [3.8, 4) is 44.9 Å². The molecule has 0 saturated heterocycles. The van der Waals surface area contributed by atoms with Gasteiger partial charge < -0.3 is 4.74 Å². The van der Waals surface area contributed by atoms with E-state index in [1.807, 2.05) is 0 Å². The predicted molar refractivity (Wildman–Crippen MR) is 190 cm³/mol. The molecule has 1 unspecified atom stereocenters. The van der Waals surface area contributed by atoms with Gasteiger partial charge in [-0.15, -0.1) is 0 Å². The van der Waals surface area contributed by atoms with Crippen molar-refractivity contribution in [3.63, 3.8) is 0 Å². The molecule has 1 aliphatic heterocycles. The maximum Gasteiger partial charge on any atom is 0.143 e. The first kappa shape index (κ1) is 25.4. The topological polar surface area (TPSA) is 9.23 Å². The Hall–Kier alpha value is -5.92. The molecule has 46 heavy (non-hydrogen) atoms. The molecular formula is C45H28O. The summed E-state index contributed by atoms with van der Waals surface area (Å²) in [6, 6.07) is 62.0. The molecule has 0 N–H and O–H groups in total. The van der Waals surface area contributed by atoms with E-state index in [0.717, 1.165) is 28.2 Å². The first-order valence-corrected chi connectivity index (χ1v) is 15.9. The first-order valence-electron chi connectivity index (χ1n) is 15.9. The van der Waals surface area contributed by atoms with Crippen molar-refractivity contribution in [2.45, 2.75) is 5.41 Å². The molecule has 8 aromatic rings. The second kappa shape index (κ2) is 9.54. The maximum absolute atomic E-state index is 6.78. The molecule has 1 nitrogen and oxygen atoms in total. The summed E-state index contributed by atoms with van der Waals surface area (Å²) in [7, 11) is 0. The van der Waals surface area contributed by atoms with E-state index >= 15 is 0 Å². The molecule has 214 valence electrons. The Balaban J connectivity index is 1.27. The Labute approximate surface area is 268 Å². The molecule has 10 rings (SSSR count). The SMILES string of the molecule is c1ccc(C2(c3cccc(-c4cccc5c4Oc4cccc6cccc-5c46)c3)c3ccccc3-c3ccc4ccccc4c32)cc1. The van der Waals surface area contributed by atoms with Gasteiger partial charge in [0.05, 0.1) is 5.41 Å². The average molecular weight is 585 g/mol. The van der Waals surface area contributed by atoms with Gasteiger partial charge in [0.1, 0.15) is 11.5 Å². The minimum absolute atomic E-state index is 0.502. The highest BCUT2D eigenvalue weighted by Gasteiger charge is 2.47. The summed E-state index contributed by atoms with van der Waals surface area (Å²) in [5.74, 6) is 1.83. The van der Waals surface area contributed by atoms with E-state index in [4.69, 9.17) is 4.74 Å². The Morgan fingerprint density at radius 1 is 0.413 bits per heavy atom. The van der Waals surface area contributed by atoms with Crippen LogP contribution in [0.4, 0.5) is 0 Å². The van der Waals surface area contributed by atoms with E-state index in [-0.39, 0.29) is 0 Å². The van der Waals surface area contributed by atoms with Crippen molar-refractivity contribution < 1.29 is 4.74 Å². The van der Waals surface area contributed by atoms with Crippen molar-refractivity contribution in [1.82, 2.24) is 0 Å². The number of fused-ring (bicyclic) bond motifs is 7. The van der Waals surface area contributed by atoms with E-state index in [1.54, 1.807) is 0 Å². The van der Waals surface area contributed by atoms with Crippen LogP contribution in [-0.2, 0) is 5.41 Å². The molecule has 1 heteroatoms. The van der Waals surface area contributed by atoms with Crippen LogP contribution in [0.3, 0.4) is 0 Å². The van der Waals surface area contributed by atoms with E-state index in [2.05, 4.69) is 170 Å². The van der Waals surface area contributed by atoms with Crippen LogP contribution in [0.5, 0.6) is 11.5 Å². The Morgan fingerprint density at radius 3 is 2.02 bits per heavy atom. The molecule has 1 atom stereocenters. The summed E-state index contributed by atoms with van der Waals surface area (Å²) in [5, 5.41) is 4.92. The van der Waals surface area contributed by atoms with E-state index in [9.17, 15) is 0 Å². The fraction of sp³-hybridized carbons (Fsp3) is 0.0222. The van der Waals surface area contributed by atoms with Gasteiger partial charge in [-0.3, -0.25) is 0 Å². The quantitative estimate of drug-likeness (QED) is 0.201. The summed E-state index contributed by atoms with van der Waals surface area (Å²) in [6.45, 7) is 0. The lowest BCUT2D eigenvalue weighted by Crippen LogP contribution is -2.29. The standard InChI is InChI=1S/C45H28O/c1-2-16-32(17-3-1)45(40-24-7-6-20-36(40)38-27-26-29-12-4-5-19-34(29)43(38)45)33-18-8-15-31(28-33)35-21-11-23-39-37-22-9-13-30-14-10-25-41(42(30)37)46-44(35)39/h1-28H. The fourth-order valence-electron chi connectivity index (χ4n) is 8.27. The monoisotopic (exact) mass is 584 g/mol. The summed E-state index contributed by atoms with van der Waals surface area (Å²) >= 11 is 0. The number of hydrogen-bond acceptors (Lipinski definition) is 1. The van der Waals surface area contributed by atoms with Gasteiger partial charge in [0.25, 0.3) is 0 Å². The van der Waals surface area contributed by atoms with E-state index < -0.39 is 5.41 Å². The Kier molecular flexibility index (Phi) is 5.27. The molecule has 1 aliphatic carbocycles. The molecule has 0 radical (unpaired) electrons. The first-order chi connectivity index (χ1) is 22.8. The zero-order valence-corrected chi connectivity index (χ0v) is 25.1. The second-order valence-corrected chi connectivity index (χ2v) is 12.4. The highest BCUT2D eigenvalue weighted by molar-refractivity contribution is 6.06. The maximum atomic E-state index is 6.78. The number of benzene rings is 8. The summed E-state index contributed by atoms with van der Waals surface area (Å²) < 4.78 is 6.78. The van der Waals surface area contributed by atoms with Crippen molar-refractivity contribution in [2.24, 2.45) is 0 Å². The van der Waals surface area contributed by atoms with Gasteiger partial charge >= 0.3 is 0 Å². The average Bonchev–Trinajstić information content (AvgIpc) is 3.44. The third kappa shape index (κ3) is 3.35. The molecule has 2 aliphatic rings. The lowest BCUT2D eigenvalue weighted by molar-refractivity contribution is 0.489. The van der Waals surface area contributed by atoms with Crippen LogP contribution >= 0.6 is 0 Å². The third-order valence-corrected chi connectivity index (χ3v) is 10.1. The molecular weight excluding hydrogens is 556 g/mol. The summed E-state index contributed by atoms with van der Waals surface area (Å²) in [5.41, 5.74) is 11.9. The van der Waals surface area contributed by atoms with Crippen molar-refractivity contribution >= 4 is 21.5 Å². The van der Waals surface area contributed by atoms with Gasteiger partial charge in [0.2, 0.25) is 0 Å². The van der Waals surface area contributed by atoms with Crippen LogP contribution in [-0.4, -0.2) is 0 Å². The van der Waals surface area contributed by atoms with Gasteiger partial charge in [0, 0.05) is 16.5 Å². The normalized spacial score (nSPS) is 15.7. The molecule has 0 fully saturated rings. The molecule has 0 saturated carbocycles. The van der Waals surface area contributed by atoms with Gasteiger partial charge in [-0.1, -0.05) is 158 Å². The minimum atomic E-state index is -0.502. The Morgan fingerprint density at radius 2 is 1.09 bits per heavy atom. The molecule has 0 aromatic heterocycles. The van der Waals surface area contributed by atoms with Crippen LogP contribution in [0.25, 0.3) is 54.9 Å². The van der Waals surface area contributed by atoms with Gasteiger partial charge in [-0.25, -0.2) is 0 Å². The smallest absolute Gasteiger partial charge is 0.143 e. The number of ether oxygens (including phenoxy) is 1. The molecule has 0 spiro atoms. The van der Waals surface area contributed by atoms with Gasteiger partial charge in [-0.2, -0.15) is 0 Å². The van der Waals surface area contributed by atoms with Crippen LogP contribution in [0.2, 0.25) is 0 Å². The lowest BCUT2D eigenvalue weighted by atomic mass is 9.66. The summed E-state index contributed by atoms with van der Waals surface area (Å²) in [6.07, 6.45) is 0. The number of rotatable bonds is 3. The lowest BCUT2D eigenvalue weighted by Gasteiger charge is -2.35. The zero-order chi connectivity index (χ0) is 30.2. The van der Waals surface area contributed by atoms with Crippen LogP contribution in [0.15, 0.2) is 170 Å². The van der Waals surface area contributed by atoms with E-state index in [0.29, 0.717) is 0 Å². The van der Waals surface area contributed by atoms with Crippen molar-refractivity contribution in [2.75, 3.05) is 0 Å². The molecule has 0 amide bonds. The van der Waals surface area contributed by atoms with Crippen LogP contribution in [0, 0.1) is 0 Å². The van der Waals surface area contributed by atoms with Crippen LogP contribution < -0.4 is 4.74 Å². The number of hydrogen-bond donors (Lipinski definition) is 0. The number of para-hydroxylation sites is 1. The zero-order valence-electron chi connectivity index (χ0n) is 25.1. The largest absolute Gasteiger partial charge is 0.455 e. The molecule has 8 aromatic carbocycles. The molecule has 1 heterocycles. The van der Waals surface area contributed by atoms with Gasteiger partial charge in [-0.05, 0) is 72.8 Å². The highest BCUT2D eigenvalue weighted by Crippen LogP contribution is 2.58.